The first-order valence-electron chi connectivity index (χ1n) is 7.30. The van der Waals surface area contributed by atoms with Gasteiger partial charge in [-0.2, -0.15) is 0 Å². The van der Waals surface area contributed by atoms with E-state index in [2.05, 4.69) is 9.71 Å². The second kappa shape index (κ2) is 5.83. The molecule has 0 spiro atoms. The molecule has 0 radical (unpaired) electrons. The van der Waals surface area contributed by atoms with Crippen molar-refractivity contribution in [3.63, 3.8) is 0 Å². The quantitative estimate of drug-likeness (QED) is 0.761. The topological polar surface area (TPSA) is 86.0 Å². The second-order valence-corrected chi connectivity index (χ2v) is 8.46. The summed E-state index contributed by atoms with van der Waals surface area (Å²) in [5, 5.41) is 2.73. The van der Waals surface area contributed by atoms with Gasteiger partial charge in [-0.05, 0) is 32.0 Å². The Bertz CT molecular complexity index is 1080. The van der Waals surface area contributed by atoms with Gasteiger partial charge in [0.25, 0.3) is 0 Å². The van der Waals surface area contributed by atoms with Gasteiger partial charge in [0, 0.05) is 19.5 Å². The Morgan fingerprint density at radius 2 is 1.88 bits per heavy atom. The molecule has 0 saturated carbocycles. The summed E-state index contributed by atoms with van der Waals surface area (Å²) >= 11 is 1.48. The third-order valence-corrected chi connectivity index (χ3v) is 6.30. The number of aryl methyl sites for hydroxylation is 3. The van der Waals surface area contributed by atoms with Gasteiger partial charge in [-0.3, -0.25) is 9.13 Å². The molecular formula is C15H18N4O3S2. The van der Waals surface area contributed by atoms with Crippen LogP contribution in [0, 0.1) is 6.92 Å². The van der Waals surface area contributed by atoms with Crippen LogP contribution in [0.15, 0.2) is 33.3 Å². The van der Waals surface area contributed by atoms with Crippen molar-refractivity contribution in [3.8, 4) is 0 Å². The number of aromatic nitrogens is 3. The molecular weight excluding hydrogens is 348 g/mol. The largest absolute Gasteiger partial charge is 0.328 e. The van der Waals surface area contributed by atoms with Crippen LogP contribution in [-0.4, -0.2) is 22.5 Å². The van der Waals surface area contributed by atoms with E-state index < -0.39 is 16.1 Å². The van der Waals surface area contributed by atoms with Gasteiger partial charge < -0.3 is 0 Å². The lowest BCUT2D eigenvalue weighted by Gasteiger charge is -2.12. The van der Waals surface area contributed by atoms with E-state index in [0.717, 1.165) is 5.01 Å². The second-order valence-electron chi connectivity index (χ2n) is 5.69. The number of imidazole rings is 1. The Morgan fingerprint density at radius 3 is 2.50 bits per heavy atom. The molecule has 1 N–H and O–H groups in total. The highest BCUT2D eigenvalue weighted by molar-refractivity contribution is 7.89. The maximum atomic E-state index is 12.6. The molecule has 3 rings (SSSR count). The number of rotatable bonds is 4. The summed E-state index contributed by atoms with van der Waals surface area (Å²) in [6.07, 6.45) is 0. The lowest BCUT2D eigenvalue weighted by Crippen LogP contribution is -2.27. The normalized spacial score (nSPS) is 13.5. The molecule has 0 fully saturated rings. The number of thiazole rings is 1. The molecule has 3 aromatic rings. The number of hydrogen-bond acceptors (Lipinski definition) is 5. The Hall–Kier alpha value is -1.97. The van der Waals surface area contributed by atoms with Crippen LogP contribution >= 0.6 is 11.3 Å². The Kier molecular flexibility index (Phi) is 4.10. The van der Waals surface area contributed by atoms with E-state index >= 15 is 0 Å². The van der Waals surface area contributed by atoms with Gasteiger partial charge in [-0.1, -0.05) is 0 Å². The maximum Gasteiger partial charge on any atom is 0.328 e. The van der Waals surface area contributed by atoms with Crippen LogP contribution in [0.1, 0.15) is 23.7 Å². The van der Waals surface area contributed by atoms with Crippen LogP contribution in [0.5, 0.6) is 0 Å². The smallest absolute Gasteiger partial charge is 0.295 e. The lowest BCUT2D eigenvalue weighted by atomic mass is 10.3. The zero-order valence-corrected chi connectivity index (χ0v) is 15.4. The first-order valence-corrected chi connectivity index (χ1v) is 9.67. The number of nitrogens with zero attached hydrogens (tertiary/aromatic N) is 3. The van der Waals surface area contributed by atoms with E-state index in [-0.39, 0.29) is 10.6 Å². The average molecular weight is 366 g/mol. The van der Waals surface area contributed by atoms with Crippen molar-refractivity contribution in [2.75, 3.05) is 0 Å². The van der Waals surface area contributed by atoms with Crippen molar-refractivity contribution in [1.82, 2.24) is 18.8 Å². The molecule has 0 bridgehead atoms. The van der Waals surface area contributed by atoms with Crippen LogP contribution in [-0.2, 0) is 24.1 Å². The van der Waals surface area contributed by atoms with Crippen LogP contribution in [0.3, 0.4) is 0 Å². The summed E-state index contributed by atoms with van der Waals surface area (Å²) in [7, 11) is -0.444. The standard InChI is InChI=1S/C15H18N4O3S2/c1-9(12-8-23-10(2)16-12)17-24(21,22)11-5-6-13-14(7-11)19(4)15(20)18(13)3/h5-9,17H,1-4H3. The third-order valence-electron chi connectivity index (χ3n) is 3.97. The highest BCUT2D eigenvalue weighted by Gasteiger charge is 2.21. The van der Waals surface area contributed by atoms with Crippen molar-refractivity contribution >= 4 is 32.4 Å². The van der Waals surface area contributed by atoms with E-state index in [0.29, 0.717) is 16.7 Å². The summed E-state index contributed by atoms with van der Waals surface area (Å²) in [6.45, 7) is 3.63. The molecule has 0 aliphatic carbocycles. The molecule has 24 heavy (non-hydrogen) atoms. The minimum Gasteiger partial charge on any atom is -0.295 e. The summed E-state index contributed by atoms with van der Waals surface area (Å²) in [5.74, 6) is 0. The van der Waals surface area contributed by atoms with Crippen molar-refractivity contribution in [2.24, 2.45) is 14.1 Å². The van der Waals surface area contributed by atoms with Crippen LogP contribution in [0.25, 0.3) is 11.0 Å². The zero-order chi connectivity index (χ0) is 17.6. The summed E-state index contributed by atoms with van der Waals surface area (Å²) < 4.78 is 30.8. The molecule has 0 aliphatic rings. The van der Waals surface area contributed by atoms with Gasteiger partial charge in [-0.25, -0.2) is 22.9 Å². The molecule has 0 aliphatic heterocycles. The van der Waals surface area contributed by atoms with E-state index in [1.54, 1.807) is 27.1 Å². The monoisotopic (exact) mass is 366 g/mol. The first-order chi connectivity index (χ1) is 11.2. The summed E-state index contributed by atoms with van der Waals surface area (Å²) in [6, 6.07) is 4.22. The van der Waals surface area contributed by atoms with Crippen LogP contribution in [0.2, 0.25) is 0 Å². The fourth-order valence-corrected chi connectivity index (χ4v) is 4.54. The van der Waals surface area contributed by atoms with Gasteiger partial charge >= 0.3 is 5.69 Å². The SMILES string of the molecule is Cc1nc(C(C)NS(=O)(=O)c2ccc3c(c2)n(C)c(=O)n3C)cs1. The van der Waals surface area contributed by atoms with E-state index in [1.807, 2.05) is 12.3 Å². The predicted octanol–water partition coefficient (Wildman–Crippen LogP) is 1.68. The van der Waals surface area contributed by atoms with Crippen LogP contribution in [0.4, 0.5) is 0 Å². The molecule has 128 valence electrons. The highest BCUT2D eigenvalue weighted by Crippen LogP contribution is 2.21. The molecule has 7 nitrogen and oxygen atoms in total. The first kappa shape index (κ1) is 16.9. The maximum absolute atomic E-state index is 12.6. The molecule has 2 heterocycles. The van der Waals surface area contributed by atoms with Crippen LogP contribution < -0.4 is 10.4 Å². The fourth-order valence-electron chi connectivity index (χ4n) is 2.59. The van der Waals surface area contributed by atoms with Gasteiger partial charge in [0.15, 0.2) is 0 Å². The molecule has 2 aromatic heterocycles. The molecule has 9 heteroatoms. The minimum atomic E-state index is -3.72. The number of nitrogens with one attached hydrogen (secondary N) is 1. The Balaban J connectivity index is 1.99. The van der Waals surface area contributed by atoms with E-state index in [9.17, 15) is 13.2 Å². The van der Waals surface area contributed by atoms with Crippen molar-refractivity contribution < 1.29 is 8.42 Å². The van der Waals surface area contributed by atoms with Crippen molar-refractivity contribution in [3.05, 3.63) is 44.8 Å². The van der Waals surface area contributed by atoms with E-state index in [4.69, 9.17) is 0 Å². The minimum absolute atomic E-state index is 0.120. The molecule has 1 atom stereocenters. The zero-order valence-electron chi connectivity index (χ0n) is 13.8. The molecule has 0 amide bonds. The fraction of sp³-hybridized carbons (Fsp3) is 0.333. The third kappa shape index (κ3) is 2.79. The van der Waals surface area contributed by atoms with Gasteiger partial charge in [0.05, 0.1) is 32.7 Å². The van der Waals surface area contributed by atoms with Gasteiger partial charge in [0.2, 0.25) is 10.0 Å². The molecule has 1 unspecified atom stereocenters. The predicted molar refractivity (Wildman–Crippen MR) is 93.7 cm³/mol. The van der Waals surface area contributed by atoms with Gasteiger partial charge in [0.1, 0.15) is 0 Å². The van der Waals surface area contributed by atoms with Crippen molar-refractivity contribution in [1.29, 1.82) is 0 Å². The molecule has 0 saturated heterocycles. The Morgan fingerprint density at radius 1 is 1.21 bits per heavy atom. The highest BCUT2D eigenvalue weighted by atomic mass is 32.2. The summed E-state index contributed by atoms with van der Waals surface area (Å²) in [5.41, 5.74) is 1.75. The average Bonchev–Trinajstić information content (AvgIpc) is 3.05. The number of sulfonamides is 1. The Labute approximate surface area is 143 Å². The van der Waals surface area contributed by atoms with Gasteiger partial charge in [-0.15, -0.1) is 11.3 Å². The number of benzene rings is 1. The molecule has 1 aromatic carbocycles. The van der Waals surface area contributed by atoms with E-state index in [1.165, 1.54) is 32.6 Å². The number of fused-ring (bicyclic) bond motifs is 1. The number of hydrogen-bond donors (Lipinski definition) is 1. The summed E-state index contributed by atoms with van der Waals surface area (Å²) in [4.78, 5) is 16.4. The lowest BCUT2D eigenvalue weighted by molar-refractivity contribution is 0.564. The van der Waals surface area contributed by atoms with Crippen molar-refractivity contribution in [2.45, 2.75) is 24.8 Å².